The number of hydrogen-bond donors (Lipinski definition) is 2. The van der Waals surface area contributed by atoms with Crippen molar-refractivity contribution in [2.24, 2.45) is 0 Å². The first kappa shape index (κ1) is 19.2. The minimum atomic E-state index is -0.236. The highest BCUT2D eigenvalue weighted by Crippen LogP contribution is 2.24. The van der Waals surface area contributed by atoms with E-state index in [1.54, 1.807) is 12.1 Å². The van der Waals surface area contributed by atoms with Crippen LogP contribution in [0.5, 0.6) is 0 Å². The molecule has 150 valence electrons. The van der Waals surface area contributed by atoms with Gasteiger partial charge in [-0.05, 0) is 56.5 Å². The number of anilines is 4. The fraction of sp³-hybridized carbons (Fsp3) is 0.304. The van der Waals surface area contributed by atoms with E-state index in [2.05, 4.69) is 49.8 Å². The molecule has 2 heterocycles. The Labute approximate surface area is 171 Å². The van der Waals surface area contributed by atoms with Crippen LogP contribution >= 0.6 is 0 Å². The monoisotopic (exact) mass is 391 g/mol. The largest absolute Gasteiger partial charge is 0.372 e. The van der Waals surface area contributed by atoms with Crippen molar-refractivity contribution in [1.82, 2.24) is 9.97 Å². The van der Waals surface area contributed by atoms with E-state index in [1.807, 2.05) is 19.1 Å². The van der Waals surface area contributed by atoms with Crippen LogP contribution in [-0.2, 0) is 6.54 Å². The maximum Gasteiger partial charge on any atom is 0.225 e. The van der Waals surface area contributed by atoms with Gasteiger partial charge >= 0.3 is 0 Å². The van der Waals surface area contributed by atoms with Gasteiger partial charge < -0.3 is 15.5 Å². The van der Waals surface area contributed by atoms with Gasteiger partial charge in [-0.25, -0.2) is 9.37 Å². The Hall–Kier alpha value is -3.15. The standard InChI is InChI=1S/C23H26FN5/c1-17-15-22(28-23(26-17)25-16-18-7-3-4-8-21(18)24)27-19-9-11-20(12-10-19)29-13-5-2-6-14-29/h3-4,7-12,15H,2,5-6,13-14,16H2,1H3,(H2,25,26,27,28). The molecule has 0 spiro atoms. The molecule has 0 radical (unpaired) electrons. The highest BCUT2D eigenvalue weighted by Gasteiger charge is 2.11. The first-order valence-corrected chi connectivity index (χ1v) is 10.1. The third-order valence-corrected chi connectivity index (χ3v) is 5.11. The Morgan fingerprint density at radius 3 is 2.48 bits per heavy atom. The molecule has 2 N–H and O–H groups in total. The van der Waals surface area contributed by atoms with Gasteiger partial charge in [0, 0.05) is 48.3 Å². The highest BCUT2D eigenvalue weighted by atomic mass is 19.1. The van der Waals surface area contributed by atoms with Crippen LogP contribution in [0.25, 0.3) is 0 Å². The zero-order chi connectivity index (χ0) is 20.1. The van der Waals surface area contributed by atoms with Crippen LogP contribution in [-0.4, -0.2) is 23.1 Å². The molecule has 1 saturated heterocycles. The second-order valence-electron chi connectivity index (χ2n) is 7.38. The molecule has 0 amide bonds. The van der Waals surface area contributed by atoms with E-state index in [9.17, 15) is 4.39 Å². The summed E-state index contributed by atoms with van der Waals surface area (Å²) in [6.07, 6.45) is 3.86. The van der Waals surface area contributed by atoms with Crippen molar-refractivity contribution in [1.29, 1.82) is 0 Å². The molecular formula is C23H26FN5. The Morgan fingerprint density at radius 2 is 1.72 bits per heavy atom. The second-order valence-corrected chi connectivity index (χ2v) is 7.38. The average Bonchev–Trinajstić information content (AvgIpc) is 2.74. The number of halogens is 1. The van der Waals surface area contributed by atoms with Crippen LogP contribution in [0.3, 0.4) is 0 Å². The minimum Gasteiger partial charge on any atom is -0.372 e. The molecule has 1 aliphatic heterocycles. The lowest BCUT2D eigenvalue weighted by molar-refractivity contribution is 0.578. The first-order chi connectivity index (χ1) is 14.2. The van der Waals surface area contributed by atoms with Crippen LogP contribution < -0.4 is 15.5 Å². The number of benzene rings is 2. The highest BCUT2D eigenvalue weighted by molar-refractivity contribution is 5.61. The normalized spacial score (nSPS) is 13.9. The summed E-state index contributed by atoms with van der Waals surface area (Å²) in [4.78, 5) is 11.4. The van der Waals surface area contributed by atoms with E-state index in [1.165, 1.54) is 31.0 Å². The molecule has 0 bridgehead atoms. The molecule has 0 aliphatic carbocycles. The predicted octanol–water partition coefficient (Wildman–Crippen LogP) is 5.27. The van der Waals surface area contributed by atoms with Gasteiger partial charge in [0.1, 0.15) is 11.6 Å². The molecule has 0 saturated carbocycles. The van der Waals surface area contributed by atoms with Gasteiger partial charge in [0.2, 0.25) is 5.95 Å². The van der Waals surface area contributed by atoms with E-state index >= 15 is 0 Å². The average molecular weight is 391 g/mol. The van der Waals surface area contributed by atoms with Gasteiger partial charge in [-0.1, -0.05) is 18.2 Å². The lowest BCUT2D eigenvalue weighted by Gasteiger charge is -2.28. The Kier molecular flexibility index (Phi) is 5.89. The SMILES string of the molecule is Cc1cc(Nc2ccc(N3CCCCC3)cc2)nc(NCc2ccccc2F)n1. The summed E-state index contributed by atoms with van der Waals surface area (Å²) in [5.74, 6) is 0.944. The third kappa shape index (κ3) is 5.02. The summed E-state index contributed by atoms with van der Waals surface area (Å²) in [7, 11) is 0. The molecule has 0 unspecified atom stereocenters. The molecule has 6 heteroatoms. The number of nitrogens with one attached hydrogen (secondary N) is 2. The molecule has 3 aromatic rings. The molecule has 0 atom stereocenters. The first-order valence-electron chi connectivity index (χ1n) is 10.1. The summed E-state index contributed by atoms with van der Waals surface area (Å²) >= 11 is 0. The smallest absolute Gasteiger partial charge is 0.225 e. The molecular weight excluding hydrogens is 365 g/mol. The lowest BCUT2D eigenvalue weighted by atomic mass is 10.1. The third-order valence-electron chi connectivity index (χ3n) is 5.11. The predicted molar refractivity (Wildman–Crippen MR) is 116 cm³/mol. The quantitative estimate of drug-likeness (QED) is 0.599. The van der Waals surface area contributed by atoms with E-state index in [0.717, 1.165) is 24.5 Å². The zero-order valence-electron chi connectivity index (χ0n) is 16.7. The number of aromatic nitrogens is 2. The van der Waals surface area contributed by atoms with Gasteiger partial charge in [-0.15, -0.1) is 0 Å². The summed E-state index contributed by atoms with van der Waals surface area (Å²) < 4.78 is 13.8. The Bertz CT molecular complexity index is 952. The van der Waals surface area contributed by atoms with Crippen molar-refractivity contribution in [3.8, 4) is 0 Å². The van der Waals surface area contributed by atoms with Crippen molar-refractivity contribution < 1.29 is 4.39 Å². The lowest BCUT2D eigenvalue weighted by Crippen LogP contribution is -2.29. The summed E-state index contributed by atoms with van der Waals surface area (Å²) in [5, 5.41) is 6.45. The van der Waals surface area contributed by atoms with E-state index < -0.39 is 0 Å². The summed E-state index contributed by atoms with van der Waals surface area (Å²) in [5.41, 5.74) is 3.66. The Balaban J connectivity index is 1.42. The molecule has 2 aromatic carbocycles. The van der Waals surface area contributed by atoms with Gasteiger partial charge in [-0.3, -0.25) is 0 Å². The minimum absolute atomic E-state index is 0.236. The van der Waals surface area contributed by atoms with Crippen LogP contribution in [0.1, 0.15) is 30.5 Å². The molecule has 4 rings (SSSR count). The maximum absolute atomic E-state index is 13.8. The van der Waals surface area contributed by atoms with E-state index in [4.69, 9.17) is 0 Å². The van der Waals surface area contributed by atoms with Gasteiger partial charge in [0.15, 0.2) is 0 Å². The molecule has 29 heavy (non-hydrogen) atoms. The van der Waals surface area contributed by atoms with Crippen molar-refractivity contribution >= 4 is 23.1 Å². The van der Waals surface area contributed by atoms with Gasteiger partial charge in [-0.2, -0.15) is 4.98 Å². The zero-order valence-corrected chi connectivity index (χ0v) is 16.7. The second kappa shape index (κ2) is 8.90. The fourth-order valence-corrected chi connectivity index (χ4v) is 3.58. The van der Waals surface area contributed by atoms with Crippen LogP contribution in [0.15, 0.2) is 54.6 Å². The van der Waals surface area contributed by atoms with Gasteiger partial charge in [0.25, 0.3) is 0 Å². The molecule has 1 aliphatic rings. The van der Waals surface area contributed by atoms with Crippen molar-refractivity contribution in [2.45, 2.75) is 32.7 Å². The molecule has 5 nitrogen and oxygen atoms in total. The van der Waals surface area contributed by atoms with Crippen LogP contribution in [0, 0.1) is 12.7 Å². The van der Waals surface area contributed by atoms with Crippen LogP contribution in [0.2, 0.25) is 0 Å². The fourth-order valence-electron chi connectivity index (χ4n) is 3.58. The van der Waals surface area contributed by atoms with Crippen molar-refractivity contribution in [2.75, 3.05) is 28.6 Å². The van der Waals surface area contributed by atoms with Crippen molar-refractivity contribution in [3.05, 3.63) is 71.7 Å². The number of rotatable bonds is 6. The van der Waals surface area contributed by atoms with Crippen molar-refractivity contribution in [3.63, 3.8) is 0 Å². The Morgan fingerprint density at radius 1 is 0.966 bits per heavy atom. The van der Waals surface area contributed by atoms with E-state index in [-0.39, 0.29) is 5.82 Å². The summed E-state index contributed by atoms with van der Waals surface area (Å²) in [6.45, 7) is 4.52. The molecule has 1 fully saturated rings. The molecule has 1 aromatic heterocycles. The maximum atomic E-state index is 13.8. The van der Waals surface area contributed by atoms with Crippen LogP contribution in [0.4, 0.5) is 27.5 Å². The number of nitrogens with zero attached hydrogens (tertiary/aromatic N) is 3. The topological polar surface area (TPSA) is 53.1 Å². The number of aryl methyl sites for hydroxylation is 1. The van der Waals surface area contributed by atoms with E-state index in [0.29, 0.717) is 23.9 Å². The number of piperidine rings is 1. The number of hydrogen-bond acceptors (Lipinski definition) is 5. The van der Waals surface area contributed by atoms with Gasteiger partial charge in [0.05, 0.1) is 0 Å². The summed E-state index contributed by atoms with van der Waals surface area (Å²) in [6, 6.07) is 17.1.